The molecule has 0 spiro atoms. The zero-order valence-corrected chi connectivity index (χ0v) is 11.7. The first kappa shape index (κ1) is 13.9. The van der Waals surface area contributed by atoms with Crippen molar-refractivity contribution in [2.75, 3.05) is 17.3 Å². The molecule has 1 aliphatic rings. The molecule has 0 fully saturated rings. The van der Waals surface area contributed by atoms with Gasteiger partial charge in [-0.3, -0.25) is 9.59 Å². The fraction of sp³-hybridized carbons (Fsp3) is 0.429. The van der Waals surface area contributed by atoms with Crippen molar-refractivity contribution in [2.24, 2.45) is 0 Å². The Bertz CT molecular complexity index is 515. The quantitative estimate of drug-likeness (QED) is 0.632. The molecular weight excluding hydrogens is 266 g/mol. The molecule has 1 aromatic rings. The lowest BCUT2D eigenvalue weighted by Crippen LogP contribution is -2.42. The zero-order chi connectivity index (χ0) is 14.0. The molecule has 1 heterocycles. The van der Waals surface area contributed by atoms with Gasteiger partial charge in [0.05, 0.1) is 18.1 Å². The Labute approximate surface area is 117 Å². The molecule has 0 N–H and O–H groups in total. The first-order chi connectivity index (χ1) is 9.06. The van der Waals surface area contributed by atoms with Crippen LogP contribution in [0.15, 0.2) is 18.2 Å². The molecule has 19 heavy (non-hydrogen) atoms. The zero-order valence-electron chi connectivity index (χ0n) is 11.0. The van der Waals surface area contributed by atoms with Crippen molar-refractivity contribution in [3.63, 3.8) is 0 Å². The van der Waals surface area contributed by atoms with Crippen LogP contribution in [-0.2, 0) is 4.79 Å². The lowest BCUT2D eigenvalue weighted by molar-refractivity contribution is -0.118. The molecule has 1 unspecified atom stereocenters. The monoisotopic (exact) mass is 281 g/mol. The van der Waals surface area contributed by atoms with Crippen molar-refractivity contribution in [1.29, 1.82) is 0 Å². The molecular formula is C14H16ClNO3. The molecule has 0 radical (unpaired) electrons. The third-order valence-corrected chi connectivity index (χ3v) is 3.31. The van der Waals surface area contributed by atoms with Crippen LogP contribution in [0.2, 0.25) is 0 Å². The highest BCUT2D eigenvalue weighted by Crippen LogP contribution is 2.34. The summed E-state index contributed by atoms with van der Waals surface area (Å²) in [5, 5.41) is 0. The van der Waals surface area contributed by atoms with E-state index in [4.69, 9.17) is 16.3 Å². The standard InChI is InChI=1S/C14H16ClNO3/c1-3-14(18)16-8-9(2)19-13-5-4-10(6-11(13)16)12(17)7-15/h4-6,9H,3,7-8H2,1-2H3. The van der Waals surface area contributed by atoms with Gasteiger partial charge in [-0.15, -0.1) is 11.6 Å². The van der Waals surface area contributed by atoms with Crippen LogP contribution in [0.25, 0.3) is 0 Å². The van der Waals surface area contributed by atoms with E-state index in [0.29, 0.717) is 30.0 Å². The fourth-order valence-electron chi connectivity index (χ4n) is 2.12. The molecule has 0 saturated carbocycles. The minimum Gasteiger partial charge on any atom is -0.487 e. The van der Waals surface area contributed by atoms with Crippen molar-refractivity contribution in [1.82, 2.24) is 0 Å². The lowest BCUT2D eigenvalue weighted by Gasteiger charge is -2.33. The van der Waals surface area contributed by atoms with E-state index in [-0.39, 0.29) is 23.7 Å². The number of hydrogen-bond donors (Lipinski definition) is 0. The molecule has 4 nitrogen and oxygen atoms in total. The molecule has 1 amide bonds. The van der Waals surface area contributed by atoms with Gasteiger partial charge in [0.1, 0.15) is 11.9 Å². The third kappa shape index (κ3) is 2.73. The predicted octanol–water partition coefficient (Wildman–Crippen LogP) is 2.63. The van der Waals surface area contributed by atoms with Gasteiger partial charge in [0.15, 0.2) is 5.78 Å². The minimum atomic E-state index is -0.160. The molecule has 0 aromatic heterocycles. The number of ether oxygens (including phenoxy) is 1. The Morgan fingerprint density at radius 1 is 1.47 bits per heavy atom. The Kier molecular flexibility index (Phi) is 4.10. The molecule has 0 bridgehead atoms. The summed E-state index contributed by atoms with van der Waals surface area (Å²) in [6, 6.07) is 5.08. The number of alkyl halides is 1. The highest BCUT2D eigenvalue weighted by atomic mass is 35.5. The average Bonchev–Trinajstić information content (AvgIpc) is 2.44. The number of nitrogens with zero attached hydrogens (tertiary/aromatic N) is 1. The molecule has 0 saturated heterocycles. The number of halogens is 1. The predicted molar refractivity (Wildman–Crippen MR) is 74.2 cm³/mol. The maximum absolute atomic E-state index is 12.0. The Balaban J connectivity index is 2.44. The van der Waals surface area contributed by atoms with Gasteiger partial charge in [-0.1, -0.05) is 6.92 Å². The van der Waals surface area contributed by atoms with Crippen molar-refractivity contribution in [3.8, 4) is 5.75 Å². The van der Waals surface area contributed by atoms with E-state index in [1.54, 1.807) is 23.1 Å². The van der Waals surface area contributed by atoms with Gasteiger partial charge in [-0.05, 0) is 25.1 Å². The number of carbonyl (C=O) groups excluding carboxylic acids is 2. The van der Waals surface area contributed by atoms with Gasteiger partial charge in [-0.2, -0.15) is 0 Å². The summed E-state index contributed by atoms with van der Waals surface area (Å²) in [7, 11) is 0. The van der Waals surface area contributed by atoms with E-state index >= 15 is 0 Å². The number of carbonyl (C=O) groups is 2. The van der Waals surface area contributed by atoms with Crippen LogP contribution in [0.5, 0.6) is 5.75 Å². The molecule has 5 heteroatoms. The first-order valence-corrected chi connectivity index (χ1v) is 6.80. The number of anilines is 1. The van der Waals surface area contributed by atoms with Gasteiger partial charge in [-0.25, -0.2) is 0 Å². The normalized spacial score (nSPS) is 17.6. The number of rotatable bonds is 3. The Morgan fingerprint density at radius 3 is 2.84 bits per heavy atom. The number of amides is 1. The van der Waals surface area contributed by atoms with Crippen LogP contribution in [0, 0.1) is 0 Å². The van der Waals surface area contributed by atoms with E-state index in [1.807, 2.05) is 13.8 Å². The number of fused-ring (bicyclic) bond motifs is 1. The summed E-state index contributed by atoms with van der Waals surface area (Å²) in [5.74, 6) is 0.420. The molecule has 102 valence electrons. The summed E-state index contributed by atoms with van der Waals surface area (Å²) in [6.07, 6.45) is 0.359. The van der Waals surface area contributed by atoms with Crippen LogP contribution in [0.1, 0.15) is 30.6 Å². The van der Waals surface area contributed by atoms with E-state index in [0.717, 1.165) is 0 Å². The molecule has 2 rings (SSSR count). The SMILES string of the molecule is CCC(=O)N1CC(C)Oc2ccc(C(=O)CCl)cc21. The van der Waals surface area contributed by atoms with Gasteiger partial charge >= 0.3 is 0 Å². The average molecular weight is 282 g/mol. The Morgan fingerprint density at radius 2 is 2.21 bits per heavy atom. The van der Waals surface area contributed by atoms with Crippen molar-refractivity contribution >= 4 is 29.0 Å². The maximum Gasteiger partial charge on any atom is 0.226 e. The summed E-state index contributed by atoms with van der Waals surface area (Å²) in [4.78, 5) is 25.3. The van der Waals surface area contributed by atoms with Crippen LogP contribution < -0.4 is 9.64 Å². The largest absolute Gasteiger partial charge is 0.487 e. The smallest absolute Gasteiger partial charge is 0.226 e. The van der Waals surface area contributed by atoms with Crippen LogP contribution in [0.3, 0.4) is 0 Å². The van der Waals surface area contributed by atoms with Crippen molar-refractivity contribution in [2.45, 2.75) is 26.4 Å². The van der Waals surface area contributed by atoms with Gasteiger partial charge in [0.2, 0.25) is 5.91 Å². The van der Waals surface area contributed by atoms with Gasteiger partial charge in [0, 0.05) is 12.0 Å². The summed E-state index contributed by atoms with van der Waals surface area (Å²) >= 11 is 5.56. The summed E-state index contributed by atoms with van der Waals surface area (Å²) in [5.41, 5.74) is 1.15. The molecule has 0 aliphatic carbocycles. The maximum atomic E-state index is 12.0. The number of Topliss-reactive ketones (excluding diaryl/α,β-unsaturated/α-hetero) is 1. The number of ketones is 1. The Hall–Kier alpha value is -1.55. The van der Waals surface area contributed by atoms with Crippen molar-refractivity contribution < 1.29 is 14.3 Å². The number of benzene rings is 1. The molecule has 1 aliphatic heterocycles. The highest BCUT2D eigenvalue weighted by molar-refractivity contribution is 6.30. The second-order valence-corrected chi connectivity index (χ2v) is 4.79. The van der Waals surface area contributed by atoms with Crippen LogP contribution in [0.4, 0.5) is 5.69 Å². The lowest BCUT2D eigenvalue weighted by atomic mass is 10.1. The first-order valence-electron chi connectivity index (χ1n) is 6.27. The second kappa shape index (κ2) is 5.61. The fourth-order valence-corrected chi connectivity index (χ4v) is 2.27. The van der Waals surface area contributed by atoms with E-state index in [2.05, 4.69) is 0 Å². The third-order valence-electron chi connectivity index (χ3n) is 3.06. The second-order valence-electron chi connectivity index (χ2n) is 4.53. The summed E-state index contributed by atoms with van der Waals surface area (Å²) < 4.78 is 5.69. The van der Waals surface area contributed by atoms with Gasteiger partial charge in [0.25, 0.3) is 0 Å². The van der Waals surface area contributed by atoms with Crippen molar-refractivity contribution in [3.05, 3.63) is 23.8 Å². The topological polar surface area (TPSA) is 46.6 Å². The van der Waals surface area contributed by atoms with Crippen LogP contribution >= 0.6 is 11.6 Å². The number of hydrogen-bond acceptors (Lipinski definition) is 3. The van der Waals surface area contributed by atoms with Gasteiger partial charge < -0.3 is 9.64 Å². The van der Waals surface area contributed by atoms with Crippen LogP contribution in [-0.4, -0.2) is 30.2 Å². The van der Waals surface area contributed by atoms with E-state index < -0.39 is 0 Å². The van der Waals surface area contributed by atoms with E-state index in [1.165, 1.54) is 0 Å². The summed E-state index contributed by atoms with van der Waals surface area (Å²) in [6.45, 7) is 4.23. The molecule has 1 aromatic carbocycles. The minimum absolute atomic E-state index is 0.0203. The molecule has 1 atom stereocenters. The highest BCUT2D eigenvalue weighted by Gasteiger charge is 2.27. The van der Waals surface area contributed by atoms with E-state index in [9.17, 15) is 9.59 Å².